The second-order valence-electron chi connectivity index (χ2n) is 8.11. The van der Waals surface area contributed by atoms with Crippen LogP contribution < -0.4 is 9.46 Å². The van der Waals surface area contributed by atoms with Crippen molar-refractivity contribution in [2.24, 2.45) is 0 Å². The van der Waals surface area contributed by atoms with Gasteiger partial charge in [-0.3, -0.25) is 9.52 Å². The van der Waals surface area contributed by atoms with E-state index in [9.17, 15) is 13.2 Å². The van der Waals surface area contributed by atoms with E-state index in [1.54, 1.807) is 6.07 Å². The van der Waals surface area contributed by atoms with Crippen LogP contribution in [0.3, 0.4) is 0 Å². The molecule has 0 amide bonds. The van der Waals surface area contributed by atoms with Gasteiger partial charge in [-0.15, -0.1) is 0 Å². The van der Waals surface area contributed by atoms with Crippen molar-refractivity contribution >= 4 is 32.6 Å². The predicted molar refractivity (Wildman–Crippen MR) is 131 cm³/mol. The summed E-state index contributed by atoms with van der Waals surface area (Å²) < 4.78 is 32.8. The highest BCUT2D eigenvalue weighted by Gasteiger charge is 2.12. The molecule has 1 rings (SSSR count). The number of sulfonamides is 1. The first-order valence-corrected chi connectivity index (χ1v) is 13.9. The van der Waals surface area contributed by atoms with Gasteiger partial charge in [-0.2, -0.15) is 0 Å². The Morgan fingerprint density at radius 1 is 0.871 bits per heavy atom. The summed E-state index contributed by atoms with van der Waals surface area (Å²) in [5.74, 6) is 0.727. The highest BCUT2D eigenvalue weighted by atomic mass is 35.5. The highest BCUT2D eigenvalue weighted by Crippen LogP contribution is 2.25. The average Bonchev–Trinajstić information content (AvgIpc) is 2.73. The molecule has 0 bridgehead atoms. The van der Waals surface area contributed by atoms with Gasteiger partial charge in [-0.25, -0.2) is 8.42 Å². The second kappa shape index (κ2) is 17.3. The van der Waals surface area contributed by atoms with Crippen molar-refractivity contribution in [2.75, 3.05) is 17.1 Å². The zero-order valence-corrected chi connectivity index (χ0v) is 20.6. The number of hydrogen-bond donors (Lipinski definition) is 1. The van der Waals surface area contributed by atoms with Crippen LogP contribution in [0.4, 0.5) is 5.69 Å². The van der Waals surface area contributed by atoms with E-state index in [2.05, 4.69) is 4.72 Å². The zero-order chi connectivity index (χ0) is 22.8. The van der Waals surface area contributed by atoms with E-state index in [0.29, 0.717) is 30.9 Å². The topological polar surface area (TPSA) is 72.5 Å². The van der Waals surface area contributed by atoms with Crippen molar-refractivity contribution in [3.63, 3.8) is 0 Å². The number of hydrogen-bond acceptors (Lipinski definition) is 4. The smallest absolute Gasteiger partial charge is 0.232 e. The number of anilines is 1. The Balaban J connectivity index is 2.08. The monoisotopic (exact) mass is 473 g/mol. The van der Waals surface area contributed by atoms with Gasteiger partial charge < -0.3 is 4.74 Å². The van der Waals surface area contributed by atoms with E-state index in [0.717, 1.165) is 32.1 Å². The Labute approximate surface area is 194 Å². The average molecular weight is 474 g/mol. The van der Waals surface area contributed by atoms with Crippen LogP contribution in [0.15, 0.2) is 24.3 Å². The Bertz CT molecular complexity index is 709. The minimum Gasteiger partial charge on any atom is -0.491 e. The molecule has 1 aromatic rings. The Morgan fingerprint density at radius 2 is 1.42 bits per heavy atom. The lowest BCUT2D eigenvalue weighted by atomic mass is 10.1. The summed E-state index contributed by atoms with van der Waals surface area (Å²) in [5.41, 5.74) is 0.521. The molecule has 0 fully saturated rings. The largest absolute Gasteiger partial charge is 0.491 e. The lowest BCUT2D eigenvalue weighted by Crippen LogP contribution is -2.17. The molecule has 31 heavy (non-hydrogen) atoms. The fourth-order valence-corrected chi connectivity index (χ4v) is 4.78. The fraction of sp³-hybridized carbons (Fsp3) is 0.708. The third kappa shape index (κ3) is 15.2. The number of unbranched alkanes of at least 4 members (excludes halogenated alkanes) is 11. The minimum absolute atomic E-state index is 0.132. The molecule has 0 aliphatic rings. The van der Waals surface area contributed by atoms with Gasteiger partial charge in [0.25, 0.3) is 0 Å². The molecule has 0 saturated carbocycles. The van der Waals surface area contributed by atoms with Crippen molar-refractivity contribution in [2.45, 2.75) is 96.8 Å². The number of ether oxygens (including phenoxy) is 1. The predicted octanol–water partition coefficient (Wildman–Crippen LogP) is 7.05. The standard InChI is InChI=1S/C24H40ClNO4S/c1-2-3-21-31(28,29)26-22-17-14-15-18-23(22)30-20-16-12-10-8-6-4-5-7-9-11-13-19-24(25)27/h14-15,17-18,26H,2-13,16,19-21H2,1H3. The van der Waals surface area contributed by atoms with Crippen LogP contribution in [0.25, 0.3) is 0 Å². The van der Waals surface area contributed by atoms with Gasteiger partial charge in [0.05, 0.1) is 18.0 Å². The number of halogens is 1. The second-order valence-corrected chi connectivity index (χ2v) is 10.4. The number of carbonyl (C=O) groups excluding carboxylic acids is 1. The molecule has 0 aliphatic heterocycles. The van der Waals surface area contributed by atoms with Crippen molar-refractivity contribution in [3.8, 4) is 5.75 Å². The quantitative estimate of drug-likeness (QED) is 0.162. The number of nitrogens with one attached hydrogen (secondary N) is 1. The van der Waals surface area contributed by atoms with E-state index >= 15 is 0 Å². The van der Waals surface area contributed by atoms with Gasteiger partial charge in [0.15, 0.2) is 0 Å². The van der Waals surface area contributed by atoms with E-state index in [-0.39, 0.29) is 11.0 Å². The van der Waals surface area contributed by atoms with Gasteiger partial charge in [-0.1, -0.05) is 83.3 Å². The van der Waals surface area contributed by atoms with Crippen LogP contribution in [0.1, 0.15) is 96.8 Å². The van der Waals surface area contributed by atoms with Gasteiger partial charge >= 0.3 is 0 Å². The normalized spacial score (nSPS) is 11.4. The molecule has 0 aliphatic carbocycles. The summed E-state index contributed by atoms with van der Waals surface area (Å²) in [6.45, 7) is 2.57. The van der Waals surface area contributed by atoms with Crippen LogP contribution in [0.5, 0.6) is 5.75 Å². The third-order valence-electron chi connectivity index (χ3n) is 5.19. The molecular weight excluding hydrogens is 434 g/mol. The number of para-hydroxylation sites is 2. The van der Waals surface area contributed by atoms with Crippen LogP contribution in [-0.4, -0.2) is 26.0 Å². The zero-order valence-electron chi connectivity index (χ0n) is 19.0. The van der Waals surface area contributed by atoms with Gasteiger partial charge in [-0.05, 0) is 43.0 Å². The summed E-state index contributed by atoms with van der Waals surface area (Å²) in [6, 6.07) is 7.23. The number of carbonyl (C=O) groups is 1. The molecule has 1 N–H and O–H groups in total. The maximum Gasteiger partial charge on any atom is 0.232 e. The number of benzene rings is 1. The van der Waals surface area contributed by atoms with Crippen LogP contribution in [0.2, 0.25) is 0 Å². The third-order valence-corrected chi connectivity index (χ3v) is 6.74. The first-order chi connectivity index (χ1) is 14.9. The lowest BCUT2D eigenvalue weighted by molar-refractivity contribution is -0.111. The molecule has 0 radical (unpaired) electrons. The molecule has 7 heteroatoms. The van der Waals surface area contributed by atoms with E-state index in [1.807, 2.05) is 25.1 Å². The summed E-state index contributed by atoms with van der Waals surface area (Å²) in [4.78, 5) is 10.6. The summed E-state index contributed by atoms with van der Waals surface area (Å²) in [7, 11) is -3.33. The Kier molecular flexibility index (Phi) is 15.5. The first-order valence-electron chi connectivity index (χ1n) is 11.9. The molecule has 5 nitrogen and oxygen atoms in total. The Hall–Kier alpha value is -1.27. The van der Waals surface area contributed by atoms with Gasteiger partial charge in [0.1, 0.15) is 5.75 Å². The maximum atomic E-state index is 12.1. The molecule has 0 spiro atoms. The molecule has 0 heterocycles. The minimum atomic E-state index is -3.33. The molecule has 1 aromatic carbocycles. The molecule has 0 unspecified atom stereocenters. The molecule has 178 valence electrons. The Morgan fingerprint density at radius 3 is 2.00 bits per heavy atom. The maximum absolute atomic E-state index is 12.1. The highest BCUT2D eigenvalue weighted by molar-refractivity contribution is 7.92. The van der Waals surface area contributed by atoms with E-state index < -0.39 is 10.0 Å². The lowest BCUT2D eigenvalue weighted by Gasteiger charge is -2.13. The number of rotatable bonds is 20. The van der Waals surface area contributed by atoms with Gasteiger partial charge in [0.2, 0.25) is 15.3 Å². The first kappa shape index (κ1) is 27.8. The van der Waals surface area contributed by atoms with Crippen LogP contribution in [0, 0.1) is 0 Å². The molecule has 0 aromatic heterocycles. The summed E-state index contributed by atoms with van der Waals surface area (Å²) in [6.07, 6.45) is 14.8. The summed E-state index contributed by atoms with van der Waals surface area (Å²) in [5, 5.41) is -0.221. The van der Waals surface area contributed by atoms with Crippen LogP contribution in [-0.2, 0) is 14.8 Å². The van der Waals surface area contributed by atoms with Crippen molar-refractivity contribution in [1.82, 2.24) is 0 Å². The van der Waals surface area contributed by atoms with Crippen molar-refractivity contribution in [1.29, 1.82) is 0 Å². The fourth-order valence-electron chi connectivity index (χ4n) is 3.37. The molecule has 0 atom stereocenters. The van der Waals surface area contributed by atoms with E-state index in [1.165, 1.54) is 44.9 Å². The molecule has 0 saturated heterocycles. The van der Waals surface area contributed by atoms with Crippen LogP contribution >= 0.6 is 11.6 Å². The summed E-state index contributed by atoms with van der Waals surface area (Å²) >= 11 is 5.33. The van der Waals surface area contributed by atoms with Crippen molar-refractivity contribution in [3.05, 3.63) is 24.3 Å². The van der Waals surface area contributed by atoms with E-state index in [4.69, 9.17) is 16.3 Å². The van der Waals surface area contributed by atoms with Gasteiger partial charge in [0, 0.05) is 6.42 Å². The SMILES string of the molecule is CCCCS(=O)(=O)Nc1ccccc1OCCCCCCCCCCCCCC(=O)Cl. The molecular formula is C24H40ClNO4S. The van der Waals surface area contributed by atoms with Crippen molar-refractivity contribution < 1.29 is 17.9 Å².